The van der Waals surface area contributed by atoms with Gasteiger partial charge in [0.1, 0.15) is 0 Å². The lowest BCUT2D eigenvalue weighted by Crippen LogP contribution is -1.99. The number of benzene rings is 2. The fourth-order valence-electron chi connectivity index (χ4n) is 2.16. The molecule has 1 heterocycles. The fraction of sp³-hybridized carbons (Fsp3) is 0.118. The second kappa shape index (κ2) is 5.32. The van der Waals surface area contributed by atoms with Gasteiger partial charge in [-0.3, -0.25) is 0 Å². The molecule has 0 saturated carbocycles. The molecule has 1 aliphatic rings. The lowest BCUT2D eigenvalue weighted by molar-refractivity contribution is -0.130. The molecule has 1 aliphatic heterocycles. The average molecular weight is 282 g/mol. The van der Waals surface area contributed by atoms with Crippen molar-refractivity contribution in [3.63, 3.8) is 0 Å². The molecule has 0 amide bonds. The van der Waals surface area contributed by atoms with Crippen LogP contribution in [0, 0.1) is 6.92 Å². The molecule has 2 aromatic carbocycles. The molecule has 0 spiro atoms. The topological polar surface area (TPSA) is 55.8 Å². The van der Waals surface area contributed by atoms with Gasteiger partial charge in [-0.25, -0.2) is 4.79 Å². The van der Waals surface area contributed by atoms with Gasteiger partial charge in [-0.2, -0.15) is 0 Å². The van der Waals surface area contributed by atoms with Crippen LogP contribution in [0.3, 0.4) is 0 Å². The highest BCUT2D eigenvalue weighted by atomic mass is 16.7. The Morgan fingerprint density at radius 1 is 1.10 bits per heavy atom. The SMILES string of the molecule is Cc1ccc(/C=C(\C(=O)O)c2ccc3c(c2)OCO3)cc1. The largest absolute Gasteiger partial charge is 0.478 e. The van der Waals surface area contributed by atoms with E-state index < -0.39 is 5.97 Å². The maximum atomic E-state index is 11.5. The van der Waals surface area contributed by atoms with Crippen LogP contribution in [0.4, 0.5) is 0 Å². The van der Waals surface area contributed by atoms with Crippen LogP contribution >= 0.6 is 0 Å². The number of hydrogen-bond acceptors (Lipinski definition) is 3. The van der Waals surface area contributed by atoms with Gasteiger partial charge in [-0.1, -0.05) is 35.9 Å². The van der Waals surface area contributed by atoms with E-state index in [2.05, 4.69) is 0 Å². The van der Waals surface area contributed by atoms with E-state index in [0.29, 0.717) is 17.1 Å². The second-order valence-corrected chi connectivity index (χ2v) is 4.84. The van der Waals surface area contributed by atoms with E-state index in [9.17, 15) is 9.90 Å². The summed E-state index contributed by atoms with van der Waals surface area (Å²) in [5, 5.41) is 9.45. The van der Waals surface area contributed by atoms with Crippen molar-refractivity contribution < 1.29 is 19.4 Å². The first-order chi connectivity index (χ1) is 10.1. The average Bonchev–Trinajstić information content (AvgIpc) is 2.93. The van der Waals surface area contributed by atoms with E-state index in [1.165, 1.54) is 0 Å². The van der Waals surface area contributed by atoms with Gasteiger partial charge in [0.25, 0.3) is 0 Å². The molecule has 0 atom stereocenters. The Morgan fingerprint density at radius 2 is 1.81 bits per heavy atom. The lowest BCUT2D eigenvalue weighted by atomic mass is 10.0. The Kier molecular flexibility index (Phi) is 3.36. The highest BCUT2D eigenvalue weighted by molar-refractivity contribution is 6.20. The van der Waals surface area contributed by atoms with Crippen LogP contribution in [0.2, 0.25) is 0 Å². The van der Waals surface area contributed by atoms with E-state index in [0.717, 1.165) is 11.1 Å². The van der Waals surface area contributed by atoms with E-state index >= 15 is 0 Å². The zero-order chi connectivity index (χ0) is 14.8. The summed E-state index contributed by atoms with van der Waals surface area (Å²) in [5.41, 5.74) is 2.78. The minimum atomic E-state index is -0.977. The number of carboxylic acid groups (broad SMARTS) is 1. The van der Waals surface area contributed by atoms with Gasteiger partial charge in [-0.05, 0) is 36.3 Å². The lowest BCUT2D eigenvalue weighted by Gasteiger charge is -2.05. The zero-order valence-corrected chi connectivity index (χ0v) is 11.5. The molecule has 0 aromatic heterocycles. The Morgan fingerprint density at radius 3 is 2.52 bits per heavy atom. The van der Waals surface area contributed by atoms with Gasteiger partial charge in [0.15, 0.2) is 11.5 Å². The monoisotopic (exact) mass is 282 g/mol. The number of aryl methyl sites for hydroxylation is 1. The maximum Gasteiger partial charge on any atom is 0.336 e. The van der Waals surface area contributed by atoms with Crippen molar-refractivity contribution in [3.8, 4) is 11.5 Å². The summed E-state index contributed by atoms with van der Waals surface area (Å²) < 4.78 is 10.5. The molecule has 0 aliphatic carbocycles. The predicted octanol–water partition coefficient (Wildman–Crippen LogP) is 3.35. The zero-order valence-electron chi connectivity index (χ0n) is 11.5. The Hall–Kier alpha value is -2.75. The van der Waals surface area contributed by atoms with Crippen LogP contribution in [0.5, 0.6) is 11.5 Å². The molecular weight excluding hydrogens is 268 g/mol. The van der Waals surface area contributed by atoms with Crippen LogP contribution in [0.15, 0.2) is 42.5 Å². The van der Waals surface area contributed by atoms with E-state index in [4.69, 9.17) is 9.47 Å². The maximum absolute atomic E-state index is 11.5. The van der Waals surface area contributed by atoms with Gasteiger partial charge in [0.05, 0.1) is 5.57 Å². The number of rotatable bonds is 3. The Balaban J connectivity index is 2.02. The highest BCUT2D eigenvalue weighted by Gasteiger charge is 2.17. The summed E-state index contributed by atoms with van der Waals surface area (Å²) in [5.74, 6) is 0.233. The molecule has 0 fully saturated rings. The number of carboxylic acids is 1. The molecule has 3 rings (SSSR count). The van der Waals surface area contributed by atoms with Crippen molar-refractivity contribution in [1.29, 1.82) is 0 Å². The number of hydrogen-bond donors (Lipinski definition) is 1. The molecule has 1 N–H and O–H groups in total. The Bertz CT molecular complexity index is 714. The molecule has 2 aromatic rings. The second-order valence-electron chi connectivity index (χ2n) is 4.84. The van der Waals surface area contributed by atoms with Crippen LogP contribution in [-0.2, 0) is 4.79 Å². The fourth-order valence-corrected chi connectivity index (χ4v) is 2.16. The predicted molar refractivity (Wildman–Crippen MR) is 79.3 cm³/mol. The quantitative estimate of drug-likeness (QED) is 0.693. The summed E-state index contributed by atoms with van der Waals surface area (Å²) in [6.07, 6.45) is 1.65. The number of ether oxygens (including phenoxy) is 2. The molecule has 4 nitrogen and oxygen atoms in total. The molecule has 0 bridgehead atoms. The van der Waals surface area contributed by atoms with Gasteiger partial charge < -0.3 is 14.6 Å². The summed E-state index contributed by atoms with van der Waals surface area (Å²) in [6, 6.07) is 12.8. The molecule has 4 heteroatoms. The molecule has 0 radical (unpaired) electrons. The first-order valence-electron chi connectivity index (χ1n) is 6.55. The van der Waals surface area contributed by atoms with Crippen molar-refractivity contribution in [3.05, 3.63) is 59.2 Å². The normalized spacial score (nSPS) is 13.3. The van der Waals surface area contributed by atoms with Crippen LogP contribution < -0.4 is 9.47 Å². The van der Waals surface area contributed by atoms with Crippen molar-refractivity contribution in [2.24, 2.45) is 0 Å². The first kappa shape index (κ1) is 13.2. The van der Waals surface area contributed by atoms with Gasteiger partial charge in [-0.15, -0.1) is 0 Å². The van der Waals surface area contributed by atoms with Crippen LogP contribution in [0.25, 0.3) is 11.6 Å². The van der Waals surface area contributed by atoms with Crippen molar-refractivity contribution in [1.82, 2.24) is 0 Å². The van der Waals surface area contributed by atoms with Gasteiger partial charge in [0, 0.05) is 0 Å². The summed E-state index contributed by atoms with van der Waals surface area (Å²) >= 11 is 0. The van der Waals surface area contributed by atoms with E-state index in [-0.39, 0.29) is 12.4 Å². The van der Waals surface area contributed by atoms with Crippen LogP contribution in [-0.4, -0.2) is 17.9 Å². The smallest absolute Gasteiger partial charge is 0.336 e. The van der Waals surface area contributed by atoms with Crippen molar-refractivity contribution >= 4 is 17.6 Å². The van der Waals surface area contributed by atoms with Crippen LogP contribution in [0.1, 0.15) is 16.7 Å². The third-order valence-corrected chi connectivity index (χ3v) is 3.30. The highest BCUT2D eigenvalue weighted by Crippen LogP contribution is 2.34. The van der Waals surface area contributed by atoms with E-state index in [1.807, 2.05) is 31.2 Å². The summed E-state index contributed by atoms with van der Waals surface area (Å²) in [4.78, 5) is 11.5. The number of fused-ring (bicyclic) bond motifs is 1. The molecular formula is C17H14O4. The first-order valence-corrected chi connectivity index (χ1v) is 6.55. The molecule has 21 heavy (non-hydrogen) atoms. The minimum absolute atomic E-state index is 0.170. The number of aliphatic carboxylic acids is 1. The van der Waals surface area contributed by atoms with Gasteiger partial charge in [0.2, 0.25) is 6.79 Å². The summed E-state index contributed by atoms with van der Waals surface area (Å²) in [6.45, 7) is 2.16. The Labute approximate surface area is 122 Å². The molecule has 0 unspecified atom stereocenters. The third-order valence-electron chi connectivity index (χ3n) is 3.30. The summed E-state index contributed by atoms with van der Waals surface area (Å²) in [7, 11) is 0. The standard InChI is InChI=1S/C17H14O4/c1-11-2-4-12(5-3-11)8-14(17(18)19)13-6-7-15-16(9-13)21-10-20-15/h2-9H,10H2,1H3,(H,18,19)/b14-8-. The van der Waals surface area contributed by atoms with Crippen molar-refractivity contribution in [2.45, 2.75) is 6.92 Å². The third kappa shape index (κ3) is 2.74. The van der Waals surface area contributed by atoms with Gasteiger partial charge >= 0.3 is 5.97 Å². The van der Waals surface area contributed by atoms with E-state index in [1.54, 1.807) is 24.3 Å². The minimum Gasteiger partial charge on any atom is -0.478 e. The molecule has 0 saturated heterocycles. The number of carbonyl (C=O) groups is 1. The van der Waals surface area contributed by atoms with Crippen molar-refractivity contribution in [2.75, 3.05) is 6.79 Å². The molecule has 106 valence electrons.